The van der Waals surface area contributed by atoms with Crippen LogP contribution in [-0.2, 0) is 0 Å². The van der Waals surface area contributed by atoms with Gasteiger partial charge in [-0.05, 0) is 6.07 Å². The van der Waals surface area contributed by atoms with Crippen LogP contribution in [0.15, 0.2) is 17.8 Å². The lowest BCUT2D eigenvalue weighted by atomic mass is 10.3. The van der Waals surface area contributed by atoms with Gasteiger partial charge in [0.05, 0.1) is 25.8 Å². The summed E-state index contributed by atoms with van der Waals surface area (Å²) >= 11 is 23.3. The van der Waals surface area contributed by atoms with Crippen LogP contribution in [0.1, 0.15) is 0 Å². The molecule has 0 amide bonds. The fraction of sp³-hybridized carbons (Fsp3) is 0. The molecular weight excluding hydrogens is 304 g/mol. The lowest BCUT2D eigenvalue weighted by molar-refractivity contribution is 1.44. The van der Waals surface area contributed by atoms with Gasteiger partial charge >= 0.3 is 0 Å². The number of hydrogen-bond acceptors (Lipinski definition) is 3. The van der Waals surface area contributed by atoms with E-state index >= 15 is 0 Å². The maximum absolute atomic E-state index is 8.54. The van der Waals surface area contributed by atoms with Crippen LogP contribution in [-0.4, -0.2) is 0 Å². The van der Waals surface area contributed by atoms with E-state index in [0.717, 1.165) is 0 Å². The highest BCUT2D eigenvalue weighted by Gasteiger charge is 2.12. The summed E-state index contributed by atoms with van der Waals surface area (Å²) in [6, 6.07) is 4.81. The number of nitriles is 2. The molecule has 0 saturated heterocycles. The van der Waals surface area contributed by atoms with Gasteiger partial charge in [-0.15, -0.1) is 0 Å². The maximum Gasteiger partial charge on any atom is 0.145 e. The zero-order valence-corrected chi connectivity index (χ0v) is 11.1. The Morgan fingerprint density at radius 2 is 1.65 bits per heavy atom. The first kappa shape index (κ1) is 14.0. The molecule has 0 saturated carbocycles. The zero-order chi connectivity index (χ0) is 13.0. The molecule has 0 aliphatic heterocycles. The summed E-state index contributed by atoms with van der Waals surface area (Å²) in [6.45, 7) is 0. The summed E-state index contributed by atoms with van der Waals surface area (Å²) in [5.74, 6) is 0. The monoisotopic (exact) mass is 305 g/mol. The third kappa shape index (κ3) is 3.19. The highest BCUT2D eigenvalue weighted by atomic mass is 35.5. The Kier molecular flexibility index (Phi) is 4.93. The first-order valence-electron chi connectivity index (χ1n) is 4.11. The summed E-state index contributed by atoms with van der Waals surface area (Å²) in [5, 5.41) is 20.4. The van der Waals surface area contributed by atoms with Crippen molar-refractivity contribution in [1.82, 2.24) is 0 Å². The second-order valence-corrected chi connectivity index (χ2v) is 4.31. The van der Waals surface area contributed by atoms with Crippen LogP contribution in [0.3, 0.4) is 0 Å². The average Bonchev–Trinajstić information content (AvgIpc) is 2.33. The molecule has 0 atom stereocenters. The van der Waals surface area contributed by atoms with E-state index in [0.29, 0.717) is 5.69 Å². The Bertz CT molecular complexity index is 550. The molecule has 7 heteroatoms. The molecule has 86 valence electrons. The van der Waals surface area contributed by atoms with Gasteiger partial charge in [-0.2, -0.15) is 10.5 Å². The Labute approximate surface area is 118 Å². The maximum atomic E-state index is 8.54. The molecule has 1 aromatic rings. The average molecular weight is 307 g/mol. The Morgan fingerprint density at radius 3 is 2.18 bits per heavy atom. The van der Waals surface area contributed by atoms with Gasteiger partial charge in [-0.1, -0.05) is 46.4 Å². The van der Waals surface area contributed by atoms with Crippen molar-refractivity contribution in [2.45, 2.75) is 0 Å². The number of allylic oxidation sites excluding steroid dienone is 1. The lowest BCUT2D eigenvalue weighted by Crippen LogP contribution is -1.92. The third-order valence-corrected chi connectivity index (χ3v) is 3.47. The number of hydrogen-bond donors (Lipinski definition) is 1. The van der Waals surface area contributed by atoms with Crippen molar-refractivity contribution in [2.75, 3.05) is 5.32 Å². The smallest absolute Gasteiger partial charge is 0.145 e. The minimum Gasteiger partial charge on any atom is -0.359 e. The number of nitrogens with one attached hydrogen (secondary N) is 1. The minimum atomic E-state index is -0.108. The topological polar surface area (TPSA) is 59.6 Å². The molecule has 1 N–H and O–H groups in total. The summed E-state index contributed by atoms with van der Waals surface area (Å²) in [4.78, 5) is 0. The van der Waals surface area contributed by atoms with E-state index in [9.17, 15) is 0 Å². The number of halogens is 4. The van der Waals surface area contributed by atoms with Gasteiger partial charge in [-0.25, -0.2) is 0 Å². The largest absolute Gasteiger partial charge is 0.359 e. The number of nitrogens with zero attached hydrogens (tertiary/aromatic N) is 2. The fourth-order valence-corrected chi connectivity index (χ4v) is 1.77. The van der Waals surface area contributed by atoms with Gasteiger partial charge in [0, 0.05) is 6.20 Å². The van der Waals surface area contributed by atoms with Crippen LogP contribution in [0, 0.1) is 22.7 Å². The van der Waals surface area contributed by atoms with Crippen LogP contribution in [0.2, 0.25) is 20.1 Å². The number of anilines is 1. The molecule has 0 radical (unpaired) electrons. The van der Waals surface area contributed by atoms with Crippen LogP contribution >= 0.6 is 46.4 Å². The molecule has 0 bridgehead atoms. The quantitative estimate of drug-likeness (QED) is 0.492. The Hall–Kier alpha value is -1.10. The molecule has 0 spiro atoms. The van der Waals surface area contributed by atoms with Crippen LogP contribution in [0.25, 0.3) is 0 Å². The van der Waals surface area contributed by atoms with Crippen molar-refractivity contribution in [2.24, 2.45) is 0 Å². The highest BCUT2D eigenvalue weighted by Crippen LogP contribution is 2.40. The molecule has 0 aromatic heterocycles. The van der Waals surface area contributed by atoms with Crippen molar-refractivity contribution in [3.63, 3.8) is 0 Å². The van der Waals surface area contributed by atoms with Crippen molar-refractivity contribution in [3.05, 3.63) is 37.9 Å². The molecule has 1 aromatic carbocycles. The SMILES string of the molecule is N#CC(C#N)=CNc1cc(Cl)c(Cl)c(Cl)c1Cl. The summed E-state index contributed by atoms with van der Waals surface area (Å²) < 4.78 is 0. The molecule has 1 rings (SSSR count). The highest BCUT2D eigenvalue weighted by molar-refractivity contribution is 6.52. The summed E-state index contributed by atoms with van der Waals surface area (Å²) in [7, 11) is 0. The second kappa shape index (κ2) is 6.00. The minimum absolute atomic E-state index is 0.104. The molecule has 0 fully saturated rings. The standard InChI is InChI=1S/C10H3Cl4N3/c11-6-1-7(9(13)10(14)8(6)12)17-4-5(2-15)3-16/h1,4,17H. The molecule has 3 nitrogen and oxygen atoms in total. The van der Waals surface area contributed by atoms with Crippen molar-refractivity contribution in [3.8, 4) is 12.1 Å². The van der Waals surface area contributed by atoms with Gasteiger partial charge in [0.1, 0.15) is 17.7 Å². The van der Waals surface area contributed by atoms with Gasteiger partial charge in [0.25, 0.3) is 0 Å². The van der Waals surface area contributed by atoms with E-state index in [4.69, 9.17) is 56.9 Å². The Morgan fingerprint density at radius 1 is 1.06 bits per heavy atom. The first-order valence-corrected chi connectivity index (χ1v) is 5.62. The third-order valence-electron chi connectivity index (χ3n) is 1.72. The zero-order valence-electron chi connectivity index (χ0n) is 8.06. The van der Waals surface area contributed by atoms with Gasteiger partial charge in [0.2, 0.25) is 0 Å². The van der Waals surface area contributed by atoms with Gasteiger partial charge in [0.15, 0.2) is 0 Å². The van der Waals surface area contributed by atoms with Crippen molar-refractivity contribution < 1.29 is 0 Å². The number of rotatable bonds is 2. The van der Waals surface area contributed by atoms with Crippen LogP contribution in [0.4, 0.5) is 5.69 Å². The normalized spacial score (nSPS) is 9.06. The second-order valence-electron chi connectivity index (χ2n) is 2.77. The van der Waals surface area contributed by atoms with Crippen LogP contribution in [0.5, 0.6) is 0 Å². The molecule has 0 aliphatic carbocycles. The van der Waals surface area contributed by atoms with Gasteiger partial charge in [-0.3, -0.25) is 0 Å². The van der Waals surface area contributed by atoms with E-state index in [1.54, 1.807) is 12.1 Å². The van der Waals surface area contributed by atoms with Crippen molar-refractivity contribution >= 4 is 52.1 Å². The predicted molar refractivity (Wildman–Crippen MR) is 69.4 cm³/mol. The Balaban J connectivity index is 3.15. The van der Waals surface area contributed by atoms with E-state index < -0.39 is 0 Å². The predicted octanol–water partition coefficient (Wildman–Crippen LogP) is 4.64. The lowest BCUT2D eigenvalue weighted by Gasteiger charge is -2.08. The van der Waals surface area contributed by atoms with E-state index in [-0.39, 0.29) is 25.7 Å². The molecule has 0 heterocycles. The van der Waals surface area contributed by atoms with Crippen molar-refractivity contribution in [1.29, 1.82) is 10.5 Å². The molecule has 17 heavy (non-hydrogen) atoms. The van der Waals surface area contributed by atoms with E-state index in [1.165, 1.54) is 12.3 Å². The van der Waals surface area contributed by atoms with Gasteiger partial charge < -0.3 is 5.32 Å². The molecule has 0 unspecified atom stereocenters. The van der Waals surface area contributed by atoms with E-state index in [1.807, 2.05) is 0 Å². The molecule has 0 aliphatic rings. The molecular formula is C10H3Cl4N3. The van der Waals surface area contributed by atoms with Crippen LogP contribution < -0.4 is 5.32 Å². The fourth-order valence-electron chi connectivity index (χ4n) is 0.917. The summed E-state index contributed by atoms with van der Waals surface area (Å²) in [5.41, 5.74) is 0.248. The number of benzene rings is 1. The van der Waals surface area contributed by atoms with E-state index in [2.05, 4.69) is 5.32 Å². The summed E-state index contributed by atoms with van der Waals surface area (Å²) in [6.07, 6.45) is 1.20. The first-order chi connectivity index (χ1) is 8.01.